The quantitative estimate of drug-likeness (QED) is 0.468. The van der Waals surface area contributed by atoms with Crippen LogP contribution in [0.15, 0.2) is 24.3 Å². The number of nitrogens with one attached hydrogen (secondary N) is 1. The zero-order valence-corrected chi connectivity index (χ0v) is 10.5. The van der Waals surface area contributed by atoms with Crippen molar-refractivity contribution in [1.29, 1.82) is 0 Å². The average molecular weight is 267 g/mol. The van der Waals surface area contributed by atoms with E-state index in [1.54, 1.807) is 0 Å². The van der Waals surface area contributed by atoms with Crippen molar-refractivity contribution in [3.63, 3.8) is 0 Å². The Labute approximate surface area is 110 Å². The van der Waals surface area contributed by atoms with Crippen molar-refractivity contribution in [2.75, 3.05) is 6.54 Å². The number of phenols is 1. The second-order valence-corrected chi connectivity index (χ2v) is 4.40. The summed E-state index contributed by atoms with van der Waals surface area (Å²) in [5, 5.41) is 20.2. The van der Waals surface area contributed by atoms with Gasteiger partial charge in [0, 0.05) is 6.54 Å². The largest absolute Gasteiger partial charge is 0.508 e. The van der Waals surface area contributed by atoms with Crippen molar-refractivity contribution in [3.05, 3.63) is 29.8 Å². The van der Waals surface area contributed by atoms with Gasteiger partial charge in [-0.3, -0.25) is 9.59 Å². The highest BCUT2D eigenvalue weighted by Crippen LogP contribution is 2.20. The lowest BCUT2D eigenvalue weighted by Gasteiger charge is -2.24. The molecule has 0 saturated carbocycles. The molecule has 0 radical (unpaired) electrons. The number of nitrogens with two attached hydrogens (primary N) is 2. The van der Waals surface area contributed by atoms with Gasteiger partial charge in [-0.05, 0) is 24.6 Å². The van der Waals surface area contributed by atoms with E-state index in [2.05, 4.69) is 5.32 Å². The molecule has 7 N–H and O–H groups in total. The number of carbonyl (C=O) groups is 2. The smallest absolute Gasteiger partial charge is 0.322 e. The fraction of sp³-hybridized carbons (Fsp3) is 0.333. The molecule has 0 saturated heterocycles. The predicted octanol–water partition coefficient (Wildman–Crippen LogP) is -0.906. The van der Waals surface area contributed by atoms with Crippen molar-refractivity contribution < 1.29 is 19.8 Å². The molecule has 0 bridgehead atoms. The number of phenolic OH excluding ortho intramolecular Hbond substituents is 1. The molecule has 0 aliphatic rings. The number of aromatic hydroxyl groups is 1. The maximum Gasteiger partial charge on any atom is 0.322 e. The first-order valence-electron chi connectivity index (χ1n) is 5.60. The summed E-state index contributed by atoms with van der Waals surface area (Å²) in [4.78, 5) is 22.5. The molecular formula is C12H17N3O4. The second kappa shape index (κ2) is 5.68. The van der Waals surface area contributed by atoms with E-state index >= 15 is 0 Å². The van der Waals surface area contributed by atoms with Crippen LogP contribution in [-0.4, -0.2) is 34.7 Å². The summed E-state index contributed by atoms with van der Waals surface area (Å²) in [7, 11) is 0. The third kappa shape index (κ3) is 3.67. The molecule has 7 heteroatoms. The van der Waals surface area contributed by atoms with Gasteiger partial charge in [-0.25, -0.2) is 0 Å². The number of amides is 1. The SMILES string of the molecule is C[C@@](N)(C(=O)NC[C@H](N)C(=O)O)c1ccc(O)cc1. The molecule has 1 aromatic carbocycles. The highest BCUT2D eigenvalue weighted by atomic mass is 16.4. The first kappa shape index (κ1) is 14.9. The van der Waals surface area contributed by atoms with E-state index in [0.717, 1.165) is 0 Å². The summed E-state index contributed by atoms with van der Waals surface area (Å²) in [6, 6.07) is 4.69. The Kier molecular flexibility index (Phi) is 4.47. The van der Waals surface area contributed by atoms with Crippen molar-refractivity contribution in [1.82, 2.24) is 5.32 Å². The number of carboxylic acid groups (broad SMARTS) is 1. The van der Waals surface area contributed by atoms with Gasteiger partial charge in [0.25, 0.3) is 0 Å². The van der Waals surface area contributed by atoms with Crippen LogP contribution in [-0.2, 0) is 15.1 Å². The van der Waals surface area contributed by atoms with Crippen molar-refractivity contribution >= 4 is 11.9 Å². The third-order valence-electron chi connectivity index (χ3n) is 2.74. The fourth-order valence-corrected chi connectivity index (χ4v) is 1.41. The monoisotopic (exact) mass is 267 g/mol. The zero-order chi connectivity index (χ0) is 14.6. The van der Waals surface area contributed by atoms with Gasteiger partial charge in [0.1, 0.15) is 17.3 Å². The molecule has 0 aromatic heterocycles. The number of aliphatic carboxylic acids is 1. The first-order chi connectivity index (χ1) is 8.75. The minimum Gasteiger partial charge on any atom is -0.508 e. The van der Waals surface area contributed by atoms with E-state index in [-0.39, 0.29) is 12.3 Å². The lowest BCUT2D eigenvalue weighted by molar-refractivity contribution is -0.138. The lowest BCUT2D eigenvalue weighted by atomic mass is 9.92. The minimum atomic E-state index is -1.34. The number of carbonyl (C=O) groups excluding carboxylic acids is 1. The van der Waals surface area contributed by atoms with E-state index in [1.165, 1.54) is 31.2 Å². The molecule has 7 nitrogen and oxygen atoms in total. The van der Waals surface area contributed by atoms with Gasteiger partial charge in [-0.15, -0.1) is 0 Å². The van der Waals surface area contributed by atoms with Crippen LogP contribution in [0.2, 0.25) is 0 Å². The molecule has 0 fully saturated rings. The summed E-state index contributed by atoms with van der Waals surface area (Å²) >= 11 is 0. The molecule has 1 aromatic rings. The molecule has 1 rings (SSSR count). The molecule has 19 heavy (non-hydrogen) atoms. The van der Waals surface area contributed by atoms with E-state index in [1.807, 2.05) is 0 Å². The Hall–Kier alpha value is -2.12. The molecule has 1 amide bonds. The van der Waals surface area contributed by atoms with Crippen LogP contribution in [0.4, 0.5) is 0 Å². The number of carboxylic acids is 1. The highest BCUT2D eigenvalue weighted by molar-refractivity contribution is 5.87. The van der Waals surface area contributed by atoms with Crippen LogP contribution in [0, 0.1) is 0 Å². The molecule has 0 aliphatic heterocycles. The second-order valence-electron chi connectivity index (χ2n) is 4.40. The van der Waals surface area contributed by atoms with Gasteiger partial charge in [0.05, 0.1) is 0 Å². The van der Waals surface area contributed by atoms with Gasteiger partial charge in [0.2, 0.25) is 5.91 Å². The number of benzene rings is 1. The van der Waals surface area contributed by atoms with Gasteiger partial charge in [0.15, 0.2) is 0 Å². The van der Waals surface area contributed by atoms with Crippen LogP contribution in [0.3, 0.4) is 0 Å². The minimum absolute atomic E-state index is 0.0628. The van der Waals surface area contributed by atoms with E-state index in [4.69, 9.17) is 16.6 Å². The summed E-state index contributed by atoms with van der Waals surface area (Å²) in [5.41, 5.74) is 10.3. The van der Waals surface area contributed by atoms with Crippen LogP contribution >= 0.6 is 0 Å². The molecule has 2 atom stereocenters. The average Bonchev–Trinajstić information content (AvgIpc) is 2.35. The fourth-order valence-electron chi connectivity index (χ4n) is 1.41. The van der Waals surface area contributed by atoms with Gasteiger partial charge in [-0.1, -0.05) is 12.1 Å². The summed E-state index contributed by atoms with van der Waals surface area (Å²) in [5.74, 6) is -1.69. The van der Waals surface area contributed by atoms with Gasteiger partial charge in [-0.2, -0.15) is 0 Å². The Bertz CT molecular complexity index is 470. The van der Waals surface area contributed by atoms with Crippen LogP contribution < -0.4 is 16.8 Å². The van der Waals surface area contributed by atoms with Crippen LogP contribution in [0.5, 0.6) is 5.75 Å². The molecule has 104 valence electrons. The summed E-state index contributed by atoms with van der Waals surface area (Å²) < 4.78 is 0. The molecular weight excluding hydrogens is 250 g/mol. The molecule has 0 aliphatic carbocycles. The number of hydrogen-bond donors (Lipinski definition) is 5. The number of hydrogen-bond acceptors (Lipinski definition) is 5. The summed E-state index contributed by atoms with van der Waals surface area (Å²) in [6.07, 6.45) is 0. The molecule has 0 spiro atoms. The standard InChI is InChI=1S/C12H17N3O4/c1-12(14,7-2-4-8(16)5-3-7)11(19)15-6-9(13)10(17)18/h2-5,9,16H,6,13-14H2,1H3,(H,15,19)(H,17,18)/t9-,12-/m0/s1. The van der Waals surface area contributed by atoms with E-state index in [0.29, 0.717) is 5.56 Å². The summed E-state index contributed by atoms with van der Waals surface area (Å²) in [6.45, 7) is 1.28. The highest BCUT2D eigenvalue weighted by Gasteiger charge is 2.30. The third-order valence-corrected chi connectivity index (χ3v) is 2.74. The Balaban J connectivity index is 2.74. The normalized spacial score (nSPS) is 15.3. The van der Waals surface area contributed by atoms with Gasteiger partial charge < -0.3 is 27.0 Å². The van der Waals surface area contributed by atoms with Crippen LogP contribution in [0.1, 0.15) is 12.5 Å². The van der Waals surface area contributed by atoms with Crippen molar-refractivity contribution in [2.24, 2.45) is 11.5 Å². The van der Waals surface area contributed by atoms with Crippen molar-refractivity contribution in [2.45, 2.75) is 18.5 Å². The molecule has 0 unspecified atom stereocenters. The maximum atomic E-state index is 11.9. The Morgan fingerprint density at radius 2 is 1.89 bits per heavy atom. The van der Waals surface area contributed by atoms with E-state index < -0.39 is 23.5 Å². The number of rotatable bonds is 5. The molecule has 0 heterocycles. The maximum absolute atomic E-state index is 11.9. The predicted molar refractivity (Wildman–Crippen MR) is 68.3 cm³/mol. The Morgan fingerprint density at radius 3 is 2.37 bits per heavy atom. The van der Waals surface area contributed by atoms with E-state index in [9.17, 15) is 14.7 Å². The topological polar surface area (TPSA) is 139 Å². The van der Waals surface area contributed by atoms with Crippen LogP contribution in [0.25, 0.3) is 0 Å². The zero-order valence-electron chi connectivity index (χ0n) is 10.5. The van der Waals surface area contributed by atoms with Crippen molar-refractivity contribution in [3.8, 4) is 5.75 Å². The van der Waals surface area contributed by atoms with Gasteiger partial charge >= 0.3 is 5.97 Å². The first-order valence-corrected chi connectivity index (χ1v) is 5.60. The lowest BCUT2D eigenvalue weighted by Crippen LogP contribution is -2.52. The Morgan fingerprint density at radius 1 is 1.37 bits per heavy atom.